The molecule has 0 aliphatic rings. The van der Waals surface area contributed by atoms with Crippen LogP contribution in [0.15, 0.2) is 24.3 Å². The van der Waals surface area contributed by atoms with Crippen molar-refractivity contribution in [3.63, 3.8) is 0 Å². The molecular formula is C18H5F18O7P. The van der Waals surface area contributed by atoms with E-state index in [0.717, 1.165) is 0 Å². The molecule has 0 saturated carbocycles. The van der Waals surface area contributed by atoms with Gasteiger partial charge in [0, 0.05) is 24.3 Å². The van der Waals surface area contributed by atoms with E-state index in [4.69, 9.17) is 0 Å². The van der Waals surface area contributed by atoms with Crippen molar-refractivity contribution in [2.24, 2.45) is 0 Å². The molecule has 0 atom stereocenters. The Morgan fingerprint density at radius 3 is 0.705 bits per heavy atom. The third-order valence-electron chi connectivity index (χ3n) is 3.90. The molecule has 0 unspecified atom stereocenters. The summed E-state index contributed by atoms with van der Waals surface area (Å²) in [5.74, 6) is -13.9. The summed E-state index contributed by atoms with van der Waals surface area (Å²) in [6.45, 7) is 0. The number of ether oxygens (including phenoxy) is 6. The Bertz CT molecular complexity index is 1180. The first-order valence-corrected chi connectivity index (χ1v) is 11.3. The summed E-state index contributed by atoms with van der Waals surface area (Å²) in [6, 6.07) is -2.40. The van der Waals surface area contributed by atoms with Gasteiger partial charge in [-0.3, -0.25) is 0 Å². The predicted octanol–water partition coefficient (Wildman–Crippen LogP) is 7.59. The Balaban J connectivity index is 3.09. The van der Waals surface area contributed by atoms with E-state index in [1.165, 1.54) is 0 Å². The molecule has 0 radical (unpaired) electrons. The summed E-state index contributed by atoms with van der Waals surface area (Å²) in [5, 5.41) is -4.66. The van der Waals surface area contributed by atoms with E-state index < -0.39 is 115 Å². The van der Waals surface area contributed by atoms with Crippen LogP contribution in [0.4, 0.5) is 79.0 Å². The van der Waals surface area contributed by atoms with Crippen LogP contribution in [0.3, 0.4) is 0 Å². The zero-order chi connectivity index (χ0) is 34.3. The lowest BCUT2D eigenvalue weighted by Gasteiger charge is -2.23. The van der Waals surface area contributed by atoms with E-state index >= 15 is 0 Å². The second-order valence-electron chi connectivity index (χ2n) is 7.21. The third-order valence-corrected chi connectivity index (χ3v) is 5.80. The normalized spacial score (nSPS) is 13.5. The van der Waals surface area contributed by atoms with Crippen LogP contribution in [-0.2, 0) is 4.57 Å². The maximum atomic E-state index is 13.3. The first kappa shape index (κ1) is 36.4. The first-order chi connectivity index (χ1) is 19.4. The smallest absolute Gasteiger partial charge is 0.406 e. The standard InChI is InChI=1S/C18H5F18O7P/c19-13(20,21)38-5-1-7(40-15(25,26)27)11(8(2-5)41-16(28,29)30)44(37)12-9(42-17(31,32)33)3-6(39-14(22,23)24)4-10(12)43-18(34,35)36/h1-4,44H. The number of benzene rings is 2. The Labute approximate surface area is 228 Å². The molecule has 26 heteroatoms. The maximum absolute atomic E-state index is 13.3. The molecule has 0 amide bonds. The average Bonchev–Trinajstić information content (AvgIpc) is 2.65. The van der Waals surface area contributed by atoms with E-state index in [-0.39, 0.29) is 0 Å². The second kappa shape index (κ2) is 12.0. The van der Waals surface area contributed by atoms with Crippen LogP contribution in [0.1, 0.15) is 0 Å². The average molecular weight is 706 g/mol. The minimum atomic E-state index is -6.15. The number of alkyl halides is 18. The van der Waals surface area contributed by atoms with E-state index in [9.17, 15) is 83.6 Å². The Hall–Kier alpha value is -3.79. The fraction of sp³-hybridized carbons (Fsp3) is 0.333. The van der Waals surface area contributed by atoms with Crippen molar-refractivity contribution in [2.45, 2.75) is 38.2 Å². The molecule has 44 heavy (non-hydrogen) atoms. The van der Waals surface area contributed by atoms with Gasteiger partial charge in [0.2, 0.25) is 0 Å². The van der Waals surface area contributed by atoms with Gasteiger partial charge in [0.05, 0.1) is 10.6 Å². The third kappa shape index (κ3) is 12.1. The van der Waals surface area contributed by atoms with E-state index in [0.29, 0.717) is 0 Å². The van der Waals surface area contributed by atoms with Crippen LogP contribution in [0.25, 0.3) is 0 Å². The fourth-order valence-electron chi connectivity index (χ4n) is 2.91. The Morgan fingerprint density at radius 2 is 0.545 bits per heavy atom. The van der Waals surface area contributed by atoms with Crippen LogP contribution in [0, 0.1) is 0 Å². The quantitative estimate of drug-likeness (QED) is 0.207. The lowest BCUT2D eigenvalue weighted by atomic mass is 10.3. The molecule has 0 fully saturated rings. The summed E-state index contributed by atoms with van der Waals surface area (Å²) in [6.07, 6.45) is -36.4. The summed E-state index contributed by atoms with van der Waals surface area (Å²) in [7, 11) is -5.49. The topological polar surface area (TPSA) is 72.5 Å². The molecule has 2 aromatic carbocycles. The Kier molecular flexibility index (Phi) is 9.89. The molecule has 0 heterocycles. The molecular weight excluding hydrogens is 701 g/mol. The van der Waals surface area contributed by atoms with Gasteiger partial charge in [-0.1, -0.05) is 0 Å². The number of hydrogen-bond acceptors (Lipinski definition) is 7. The van der Waals surface area contributed by atoms with Crippen LogP contribution < -0.4 is 39.0 Å². The van der Waals surface area contributed by atoms with Crippen molar-refractivity contribution in [3.8, 4) is 34.5 Å². The van der Waals surface area contributed by atoms with Gasteiger partial charge in [-0.2, -0.15) is 0 Å². The predicted molar refractivity (Wildman–Crippen MR) is 101 cm³/mol. The highest BCUT2D eigenvalue weighted by Gasteiger charge is 2.43. The summed E-state index contributed by atoms with van der Waals surface area (Å²) < 4.78 is 265. The van der Waals surface area contributed by atoms with Crippen molar-refractivity contribution in [1.82, 2.24) is 0 Å². The SMILES string of the molecule is O=[PH](c1c(OC(F)(F)F)cc(OC(F)(F)F)cc1OC(F)(F)F)c1c(OC(F)(F)F)cc(OC(F)(F)F)cc1OC(F)(F)F. The van der Waals surface area contributed by atoms with Crippen LogP contribution in [0.2, 0.25) is 0 Å². The lowest BCUT2D eigenvalue weighted by molar-refractivity contribution is -0.280. The van der Waals surface area contributed by atoms with Crippen LogP contribution in [0.5, 0.6) is 34.5 Å². The van der Waals surface area contributed by atoms with Gasteiger partial charge in [0.15, 0.2) is 0 Å². The van der Waals surface area contributed by atoms with Gasteiger partial charge >= 0.3 is 38.2 Å². The number of rotatable bonds is 8. The fourth-order valence-corrected chi connectivity index (χ4v) is 4.55. The van der Waals surface area contributed by atoms with Crippen molar-refractivity contribution in [1.29, 1.82) is 0 Å². The monoisotopic (exact) mass is 706 g/mol. The first-order valence-electron chi connectivity index (χ1n) is 9.86. The van der Waals surface area contributed by atoms with Crippen molar-refractivity contribution >= 4 is 18.4 Å². The highest BCUT2D eigenvalue weighted by molar-refractivity contribution is 7.62. The van der Waals surface area contributed by atoms with Gasteiger partial charge in [-0.05, 0) is 0 Å². The molecule has 0 aromatic heterocycles. The lowest BCUT2D eigenvalue weighted by Crippen LogP contribution is -2.29. The minimum Gasteiger partial charge on any atom is -0.406 e. The molecule has 0 aliphatic carbocycles. The zero-order valence-electron chi connectivity index (χ0n) is 19.5. The summed E-state index contributed by atoms with van der Waals surface area (Å²) in [4.78, 5) is 0. The molecule has 2 rings (SSSR count). The van der Waals surface area contributed by atoms with E-state index in [1.807, 2.05) is 0 Å². The molecule has 0 bridgehead atoms. The highest BCUT2D eigenvalue weighted by atomic mass is 31.1. The number of hydrogen-bond donors (Lipinski definition) is 0. The molecule has 0 saturated heterocycles. The summed E-state index contributed by atoms with van der Waals surface area (Å²) in [5.41, 5.74) is 0. The minimum absolute atomic E-state index is 0.599. The van der Waals surface area contributed by atoms with Gasteiger partial charge in [-0.25, -0.2) is 0 Å². The van der Waals surface area contributed by atoms with Gasteiger partial charge in [0.25, 0.3) is 0 Å². The summed E-state index contributed by atoms with van der Waals surface area (Å²) >= 11 is 0. The van der Waals surface area contributed by atoms with Gasteiger partial charge in [-0.15, -0.1) is 79.0 Å². The highest BCUT2D eigenvalue weighted by Crippen LogP contribution is 2.46. The molecule has 0 aliphatic heterocycles. The zero-order valence-corrected chi connectivity index (χ0v) is 20.5. The molecule has 250 valence electrons. The van der Waals surface area contributed by atoms with E-state index in [2.05, 4.69) is 28.4 Å². The van der Waals surface area contributed by atoms with Gasteiger partial charge in [0.1, 0.15) is 42.3 Å². The second-order valence-corrected chi connectivity index (χ2v) is 8.86. The molecule has 2 aromatic rings. The Morgan fingerprint density at radius 1 is 0.364 bits per heavy atom. The molecule has 0 N–H and O–H groups in total. The van der Waals surface area contributed by atoms with Crippen molar-refractivity contribution in [3.05, 3.63) is 24.3 Å². The van der Waals surface area contributed by atoms with Crippen LogP contribution in [-0.4, -0.2) is 38.2 Å². The number of halogens is 18. The largest absolute Gasteiger partial charge is 0.573 e. The van der Waals surface area contributed by atoms with Crippen LogP contribution >= 0.6 is 7.80 Å². The molecule has 0 spiro atoms. The van der Waals surface area contributed by atoms with Crippen molar-refractivity contribution < 1.29 is 112 Å². The maximum Gasteiger partial charge on any atom is 0.573 e. The van der Waals surface area contributed by atoms with Gasteiger partial charge < -0.3 is 33.0 Å². The van der Waals surface area contributed by atoms with Crippen molar-refractivity contribution in [2.75, 3.05) is 0 Å². The molecule has 7 nitrogen and oxygen atoms in total. The van der Waals surface area contributed by atoms with E-state index in [1.54, 1.807) is 0 Å².